The van der Waals surface area contributed by atoms with Crippen LogP contribution in [0.3, 0.4) is 0 Å². The summed E-state index contributed by atoms with van der Waals surface area (Å²) in [5.74, 6) is 0. The smallest absolute Gasteiger partial charge is 0.0779 e. The molecule has 0 aliphatic carbocycles. The summed E-state index contributed by atoms with van der Waals surface area (Å²) in [4.78, 5) is 0. The normalized spacial score (nSPS) is 13.7. The summed E-state index contributed by atoms with van der Waals surface area (Å²) < 4.78 is 19.5. The molecule has 0 aromatic carbocycles. The molecule has 0 fully saturated rings. The van der Waals surface area contributed by atoms with Crippen molar-refractivity contribution in [3.63, 3.8) is 0 Å². The topological polar surface area (TPSA) is 77.4 Å². The van der Waals surface area contributed by atoms with Gasteiger partial charge in [-0.15, -0.1) is 0 Å². The lowest BCUT2D eigenvalue weighted by Crippen LogP contribution is -2.19. The molecular weight excluding hydrogens is 240 g/mol. The number of aliphatic hydroxyl groups excluding tert-OH is 2. The highest BCUT2D eigenvalue weighted by Crippen LogP contribution is 1.90. The van der Waals surface area contributed by atoms with Crippen molar-refractivity contribution in [2.24, 2.45) is 0 Å². The van der Waals surface area contributed by atoms with E-state index in [4.69, 9.17) is 29.2 Å². The van der Waals surface area contributed by atoms with Gasteiger partial charge in [0, 0.05) is 14.2 Å². The molecule has 6 heteroatoms. The van der Waals surface area contributed by atoms with Crippen LogP contribution in [-0.2, 0) is 18.9 Å². The molecule has 0 bridgehead atoms. The van der Waals surface area contributed by atoms with Crippen LogP contribution in [0.4, 0.5) is 0 Å². The highest BCUT2D eigenvalue weighted by molar-refractivity contribution is 4.47. The molecule has 112 valence electrons. The molecule has 6 nitrogen and oxygen atoms in total. The first-order valence-electron chi connectivity index (χ1n) is 6.04. The van der Waals surface area contributed by atoms with Crippen molar-refractivity contribution >= 4 is 0 Å². The molecular formula is C12H28O6. The zero-order valence-corrected chi connectivity index (χ0v) is 11.9. The van der Waals surface area contributed by atoms with Gasteiger partial charge in [0.15, 0.2) is 0 Å². The van der Waals surface area contributed by atoms with E-state index in [9.17, 15) is 0 Å². The van der Waals surface area contributed by atoms with E-state index < -0.39 is 6.10 Å². The number of aliphatic hydroxyl groups is 2. The fourth-order valence-corrected chi connectivity index (χ4v) is 0.743. The molecule has 0 spiro atoms. The maximum Gasteiger partial charge on any atom is 0.0779 e. The van der Waals surface area contributed by atoms with Crippen LogP contribution in [0.5, 0.6) is 0 Å². The van der Waals surface area contributed by atoms with E-state index in [0.717, 1.165) is 0 Å². The molecule has 0 rings (SSSR count). The summed E-state index contributed by atoms with van der Waals surface area (Å²) in [6.45, 7) is 6.31. The fraction of sp³-hybridized carbons (Fsp3) is 1.00. The summed E-state index contributed by atoms with van der Waals surface area (Å²) in [7, 11) is 3.30. The Hall–Kier alpha value is -0.240. The van der Waals surface area contributed by atoms with Crippen LogP contribution < -0.4 is 0 Å². The van der Waals surface area contributed by atoms with Crippen LogP contribution in [0.2, 0.25) is 0 Å². The Labute approximate surface area is 110 Å². The first kappa shape index (κ1) is 20.1. The van der Waals surface area contributed by atoms with Gasteiger partial charge < -0.3 is 29.2 Å². The number of hydrogen-bond acceptors (Lipinski definition) is 6. The molecule has 2 atom stereocenters. The maximum absolute atomic E-state index is 8.69. The summed E-state index contributed by atoms with van der Waals surface area (Å²) in [6, 6.07) is 0. The van der Waals surface area contributed by atoms with Gasteiger partial charge in [-0.25, -0.2) is 0 Å². The van der Waals surface area contributed by atoms with Gasteiger partial charge >= 0.3 is 0 Å². The Balaban J connectivity index is 0. The lowest BCUT2D eigenvalue weighted by Gasteiger charge is -2.10. The van der Waals surface area contributed by atoms with E-state index in [1.165, 1.54) is 0 Å². The second-order valence-electron chi connectivity index (χ2n) is 3.77. The largest absolute Gasteiger partial charge is 0.394 e. The lowest BCUT2D eigenvalue weighted by molar-refractivity contribution is -0.0177. The standard InChI is InChI=1S/2C6H14O3/c1-7-3-5-9-6-4-8-2;1-5(8)4-9-6(2)3-7/h3-6H2,1-2H3;5-8H,3-4H2,1-2H3. The van der Waals surface area contributed by atoms with Gasteiger partial charge in [0.05, 0.1) is 51.8 Å². The van der Waals surface area contributed by atoms with Gasteiger partial charge in [0.2, 0.25) is 0 Å². The van der Waals surface area contributed by atoms with Crippen LogP contribution in [0.15, 0.2) is 0 Å². The third-order valence-electron chi connectivity index (χ3n) is 1.74. The van der Waals surface area contributed by atoms with Crippen LogP contribution in [0, 0.1) is 0 Å². The van der Waals surface area contributed by atoms with Crippen LogP contribution >= 0.6 is 0 Å². The molecule has 0 saturated heterocycles. The first-order chi connectivity index (χ1) is 8.58. The lowest BCUT2D eigenvalue weighted by atomic mass is 10.4. The Morgan fingerprint density at radius 2 is 1.44 bits per heavy atom. The number of hydrogen-bond donors (Lipinski definition) is 2. The molecule has 0 aliphatic heterocycles. The molecule has 0 heterocycles. The average Bonchev–Trinajstić information content (AvgIpc) is 2.36. The van der Waals surface area contributed by atoms with Crippen molar-refractivity contribution in [1.82, 2.24) is 0 Å². The summed E-state index contributed by atoms with van der Waals surface area (Å²) in [6.07, 6.45) is -0.612. The fourth-order valence-electron chi connectivity index (χ4n) is 0.743. The molecule has 2 N–H and O–H groups in total. The number of ether oxygens (including phenoxy) is 4. The van der Waals surface area contributed by atoms with Crippen molar-refractivity contribution in [1.29, 1.82) is 0 Å². The van der Waals surface area contributed by atoms with Gasteiger partial charge in [-0.3, -0.25) is 0 Å². The Morgan fingerprint density at radius 3 is 1.78 bits per heavy atom. The molecule has 0 aromatic heterocycles. The average molecular weight is 268 g/mol. The molecule has 0 aliphatic rings. The molecule has 0 aromatic rings. The van der Waals surface area contributed by atoms with Crippen LogP contribution in [0.25, 0.3) is 0 Å². The van der Waals surface area contributed by atoms with Crippen molar-refractivity contribution in [2.45, 2.75) is 26.1 Å². The van der Waals surface area contributed by atoms with Crippen LogP contribution in [0.1, 0.15) is 13.8 Å². The van der Waals surface area contributed by atoms with E-state index >= 15 is 0 Å². The Bertz CT molecular complexity index is 137. The minimum Gasteiger partial charge on any atom is -0.394 e. The summed E-state index contributed by atoms with van der Waals surface area (Å²) in [5, 5.41) is 17.1. The van der Waals surface area contributed by atoms with Gasteiger partial charge in [-0.1, -0.05) is 0 Å². The second kappa shape index (κ2) is 16.8. The van der Waals surface area contributed by atoms with Crippen LogP contribution in [-0.4, -0.2) is 76.3 Å². The number of methoxy groups -OCH3 is 2. The monoisotopic (exact) mass is 268 g/mol. The van der Waals surface area contributed by atoms with E-state index in [0.29, 0.717) is 33.0 Å². The Morgan fingerprint density at radius 1 is 0.944 bits per heavy atom. The second-order valence-corrected chi connectivity index (χ2v) is 3.77. The highest BCUT2D eigenvalue weighted by Gasteiger charge is 2.00. The minimum atomic E-state index is -0.445. The van der Waals surface area contributed by atoms with E-state index in [-0.39, 0.29) is 12.7 Å². The summed E-state index contributed by atoms with van der Waals surface area (Å²) in [5.41, 5.74) is 0. The van der Waals surface area contributed by atoms with E-state index in [1.54, 1.807) is 28.1 Å². The van der Waals surface area contributed by atoms with Crippen molar-refractivity contribution < 1.29 is 29.2 Å². The Kier molecular flexibility index (Phi) is 18.7. The molecule has 0 radical (unpaired) electrons. The summed E-state index contributed by atoms with van der Waals surface area (Å²) >= 11 is 0. The quantitative estimate of drug-likeness (QED) is 0.546. The van der Waals surface area contributed by atoms with E-state index in [1.807, 2.05) is 0 Å². The third-order valence-corrected chi connectivity index (χ3v) is 1.74. The van der Waals surface area contributed by atoms with Crippen molar-refractivity contribution in [2.75, 3.05) is 53.9 Å². The van der Waals surface area contributed by atoms with Crippen molar-refractivity contribution in [3.8, 4) is 0 Å². The molecule has 18 heavy (non-hydrogen) atoms. The molecule has 2 unspecified atom stereocenters. The van der Waals surface area contributed by atoms with Gasteiger partial charge in [-0.05, 0) is 13.8 Å². The highest BCUT2D eigenvalue weighted by atomic mass is 16.5. The minimum absolute atomic E-state index is 0.00667. The number of rotatable bonds is 10. The van der Waals surface area contributed by atoms with E-state index in [2.05, 4.69) is 0 Å². The molecule has 0 saturated carbocycles. The van der Waals surface area contributed by atoms with Gasteiger partial charge in [-0.2, -0.15) is 0 Å². The third kappa shape index (κ3) is 21.1. The first-order valence-corrected chi connectivity index (χ1v) is 6.04. The zero-order valence-electron chi connectivity index (χ0n) is 11.9. The predicted molar refractivity (Wildman–Crippen MR) is 68.8 cm³/mol. The predicted octanol–water partition coefficient (Wildman–Crippen LogP) is 0.0604. The maximum atomic E-state index is 8.69. The molecule has 0 amide bonds. The van der Waals surface area contributed by atoms with Gasteiger partial charge in [0.25, 0.3) is 0 Å². The zero-order chi connectivity index (χ0) is 14.2. The SMILES string of the molecule is CC(O)COC(C)CO.COCCOCCOC. The van der Waals surface area contributed by atoms with Gasteiger partial charge in [0.1, 0.15) is 0 Å². The van der Waals surface area contributed by atoms with Crippen molar-refractivity contribution in [3.05, 3.63) is 0 Å².